The van der Waals surface area contributed by atoms with Crippen LogP contribution in [0.4, 0.5) is 0 Å². The Hall–Kier alpha value is -1.94. The van der Waals surface area contributed by atoms with E-state index in [0.717, 1.165) is 11.1 Å². The van der Waals surface area contributed by atoms with Crippen LogP contribution in [-0.2, 0) is 0 Å². The van der Waals surface area contributed by atoms with Gasteiger partial charge in [0.15, 0.2) is 5.65 Å². The van der Waals surface area contributed by atoms with Gasteiger partial charge in [-0.3, -0.25) is 0 Å². The maximum absolute atomic E-state index is 5.95. The van der Waals surface area contributed by atoms with E-state index >= 15 is 0 Å². The second-order valence-electron chi connectivity index (χ2n) is 3.29. The number of benzene rings is 1. The summed E-state index contributed by atoms with van der Waals surface area (Å²) in [5.41, 5.74) is 1.67. The number of hydrogen-bond donors (Lipinski definition) is 0. The van der Waals surface area contributed by atoms with E-state index in [2.05, 4.69) is 15.1 Å². The third-order valence-corrected chi connectivity index (χ3v) is 2.62. The Morgan fingerprint density at radius 2 is 1.88 bits per heavy atom. The molecule has 0 aliphatic heterocycles. The van der Waals surface area contributed by atoms with Gasteiger partial charge in [0, 0.05) is 0 Å². The number of rotatable bonds is 1. The molecule has 3 aromatic rings. The van der Waals surface area contributed by atoms with E-state index in [1.165, 1.54) is 6.33 Å². The summed E-state index contributed by atoms with van der Waals surface area (Å²) < 4.78 is 1.74. The number of para-hydroxylation sites is 1. The summed E-state index contributed by atoms with van der Waals surface area (Å²) in [4.78, 5) is 8.10. The predicted octanol–water partition coefficient (Wildman–Crippen LogP) is 2.47. The first-order chi connectivity index (χ1) is 7.86. The maximum atomic E-state index is 5.95. The van der Waals surface area contributed by atoms with E-state index in [-0.39, 0.29) is 0 Å². The largest absolute Gasteiger partial charge is 0.224 e. The monoisotopic (exact) mass is 230 g/mol. The minimum Gasteiger partial charge on any atom is -0.224 e. The van der Waals surface area contributed by atoms with Crippen LogP contribution in [-0.4, -0.2) is 19.7 Å². The Morgan fingerprint density at radius 1 is 1.06 bits per heavy atom. The third-order valence-electron chi connectivity index (χ3n) is 2.32. The molecule has 0 amide bonds. The number of fused-ring (bicyclic) bond motifs is 1. The summed E-state index contributed by atoms with van der Waals surface area (Å²) in [5.74, 6) is 0. The Labute approximate surface area is 96.5 Å². The molecule has 0 spiro atoms. The van der Waals surface area contributed by atoms with Crippen molar-refractivity contribution >= 4 is 22.6 Å². The van der Waals surface area contributed by atoms with Gasteiger partial charge >= 0.3 is 0 Å². The van der Waals surface area contributed by atoms with E-state index in [4.69, 9.17) is 11.6 Å². The quantitative estimate of drug-likeness (QED) is 0.603. The van der Waals surface area contributed by atoms with Crippen LogP contribution < -0.4 is 0 Å². The molecule has 4 nitrogen and oxygen atoms in total. The van der Waals surface area contributed by atoms with Crippen LogP contribution in [0.25, 0.3) is 16.7 Å². The summed E-state index contributed by atoms with van der Waals surface area (Å²) in [5, 5.41) is 5.44. The van der Waals surface area contributed by atoms with Crippen LogP contribution >= 0.6 is 11.6 Å². The smallest absolute Gasteiger partial charge is 0.167 e. The van der Waals surface area contributed by atoms with Crippen LogP contribution in [0.3, 0.4) is 0 Å². The minimum absolute atomic E-state index is 0.423. The van der Waals surface area contributed by atoms with Crippen molar-refractivity contribution in [2.45, 2.75) is 0 Å². The summed E-state index contributed by atoms with van der Waals surface area (Å²) in [6.45, 7) is 0. The van der Waals surface area contributed by atoms with Gasteiger partial charge in [-0.15, -0.1) is 0 Å². The van der Waals surface area contributed by atoms with E-state index in [1.807, 2.05) is 30.3 Å². The van der Waals surface area contributed by atoms with Gasteiger partial charge < -0.3 is 0 Å². The molecular formula is C11H7ClN4. The van der Waals surface area contributed by atoms with Crippen LogP contribution in [0.5, 0.6) is 0 Å². The molecule has 0 aliphatic rings. The van der Waals surface area contributed by atoms with Gasteiger partial charge in [0.1, 0.15) is 11.5 Å². The van der Waals surface area contributed by atoms with Gasteiger partial charge in [0.05, 0.1) is 17.3 Å². The molecule has 0 N–H and O–H groups in total. The van der Waals surface area contributed by atoms with Crippen molar-refractivity contribution in [2.24, 2.45) is 0 Å². The van der Waals surface area contributed by atoms with Gasteiger partial charge in [-0.05, 0) is 12.1 Å². The molecule has 5 heteroatoms. The summed E-state index contributed by atoms with van der Waals surface area (Å²) >= 11 is 5.95. The first-order valence-corrected chi connectivity index (χ1v) is 5.14. The summed E-state index contributed by atoms with van der Waals surface area (Å²) in [7, 11) is 0. The number of hydrogen-bond acceptors (Lipinski definition) is 3. The number of halogens is 1. The molecule has 16 heavy (non-hydrogen) atoms. The average molecular weight is 231 g/mol. The molecular weight excluding hydrogens is 224 g/mol. The Balaban J connectivity index is 2.30. The standard InChI is InChI=1S/C11H7ClN4/c12-10-9-6-15-16(11(9)14-7-13-10)8-4-2-1-3-5-8/h1-7H. The Kier molecular flexibility index (Phi) is 2.08. The molecule has 2 heterocycles. The van der Waals surface area contributed by atoms with Crippen molar-refractivity contribution in [1.29, 1.82) is 0 Å². The van der Waals surface area contributed by atoms with Crippen molar-refractivity contribution in [3.05, 3.63) is 48.0 Å². The summed E-state index contributed by atoms with van der Waals surface area (Å²) in [6, 6.07) is 9.78. The molecule has 0 unspecified atom stereocenters. The fraction of sp³-hybridized carbons (Fsp3) is 0. The van der Waals surface area contributed by atoms with Gasteiger partial charge in [0.2, 0.25) is 0 Å². The first kappa shape index (κ1) is 9.30. The highest BCUT2D eigenvalue weighted by atomic mass is 35.5. The lowest BCUT2D eigenvalue weighted by Gasteiger charge is -2.01. The lowest BCUT2D eigenvalue weighted by Crippen LogP contribution is -1.97. The van der Waals surface area contributed by atoms with Crippen molar-refractivity contribution in [1.82, 2.24) is 19.7 Å². The van der Waals surface area contributed by atoms with Crippen molar-refractivity contribution in [2.75, 3.05) is 0 Å². The van der Waals surface area contributed by atoms with E-state index in [1.54, 1.807) is 10.9 Å². The third kappa shape index (κ3) is 1.35. The normalized spacial score (nSPS) is 10.8. The summed E-state index contributed by atoms with van der Waals surface area (Å²) in [6.07, 6.45) is 3.11. The van der Waals surface area contributed by atoms with Gasteiger partial charge in [-0.25, -0.2) is 14.6 Å². The zero-order chi connectivity index (χ0) is 11.0. The molecule has 2 aromatic heterocycles. The van der Waals surface area contributed by atoms with Crippen molar-refractivity contribution in [3.63, 3.8) is 0 Å². The fourth-order valence-electron chi connectivity index (χ4n) is 1.57. The zero-order valence-corrected chi connectivity index (χ0v) is 8.96. The molecule has 3 rings (SSSR count). The fourth-order valence-corrected chi connectivity index (χ4v) is 1.75. The van der Waals surface area contributed by atoms with Gasteiger partial charge in [-0.2, -0.15) is 5.10 Å². The van der Waals surface area contributed by atoms with Crippen LogP contribution in [0.15, 0.2) is 42.9 Å². The highest BCUT2D eigenvalue weighted by Crippen LogP contribution is 2.20. The Bertz CT molecular complexity index is 633. The lowest BCUT2D eigenvalue weighted by molar-refractivity contribution is 0.895. The molecule has 0 fully saturated rings. The first-order valence-electron chi connectivity index (χ1n) is 4.76. The van der Waals surface area contributed by atoms with E-state index in [0.29, 0.717) is 10.8 Å². The molecule has 0 radical (unpaired) electrons. The van der Waals surface area contributed by atoms with Gasteiger partial charge in [-0.1, -0.05) is 29.8 Å². The highest BCUT2D eigenvalue weighted by molar-refractivity contribution is 6.33. The number of nitrogens with zero attached hydrogens (tertiary/aromatic N) is 4. The molecule has 0 aliphatic carbocycles. The van der Waals surface area contributed by atoms with Crippen LogP contribution in [0.1, 0.15) is 0 Å². The number of aromatic nitrogens is 4. The minimum atomic E-state index is 0.423. The SMILES string of the molecule is Clc1ncnc2c1cnn2-c1ccccc1. The zero-order valence-electron chi connectivity index (χ0n) is 8.21. The van der Waals surface area contributed by atoms with E-state index in [9.17, 15) is 0 Å². The van der Waals surface area contributed by atoms with E-state index < -0.39 is 0 Å². The predicted molar refractivity (Wildman–Crippen MR) is 61.7 cm³/mol. The second-order valence-corrected chi connectivity index (χ2v) is 3.65. The maximum Gasteiger partial charge on any atom is 0.167 e. The van der Waals surface area contributed by atoms with Crippen LogP contribution in [0.2, 0.25) is 5.15 Å². The highest BCUT2D eigenvalue weighted by Gasteiger charge is 2.08. The van der Waals surface area contributed by atoms with Crippen molar-refractivity contribution in [3.8, 4) is 5.69 Å². The lowest BCUT2D eigenvalue weighted by atomic mass is 10.3. The van der Waals surface area contributed by atoms with Gasteiger partial charge in [0.25, 0.3) is 0 Å². The molecule has 0 bridgehead atoms. The Morgan fingerprint density at radius 3 is 2.69 bits per heavy atom. The van der Waals surface area contributed by atoms with Crippen LogP contribution in [0, 0.1) is 0 Å². The molecule has 1 aromatic carbocycles. The molecule has 0 saturated heterocycles. The second kappa shape index (κ2) is 3.57. The topological polar surface area (TPSA) is 43.6 Å². The molecule has 0 saturated carbocycles. The van der Waals surface area contributed by atoms with Crippen molar-refractivity contribution < 1.29 is 0 Å². The molecule has 0 atom stereocenters. The molecule has 78 valence electrons. The average Bonchev–Trinajstić information content (AvgIpc) is 2.75.